The van der Waals surface area contributed by atoms with Crippen molar-refractivity contribution in [1.82, 2.24) is 14.8 Å². The highest BCUT2D eigenvalue weighted by molar-refractivity contribution is 7.15. The maximum Gasteiger partial charge on any atom is 0.227 e. The summed E-state index contributed by atoms with van der Waals surface area (Å²) >= 11 is 1.77. The van der Waals surface area contributed by atoms with Gasteiger partial charge < -0.3 is 9.80 Å². The number of thiazole rings is 1. The summed E-state index contributed by atoms with van der Waals surface area (Å²) in [5.41, 5.74) is 2.06. The minimum atomic E-state index is 0.214. The van der Waals surface area contributed by atoms with Gasteiger partial charge in [0.05, 0.1) is 23.6 Å². The molecule has 2 aromatic heterocycles. The SMILES string of the molecule is Cc1nc(N2CCC(n3cc(N4CCCC4=O)cn3)C2)sc1C. The van der Waals surface area contributed by atoms with E-state index in [-0.39, 0.29) is 5.91 Å². The summed E-state index contributed by atoms with van der Waals surface area (Å²) in [6.45, 7) is 6.95. The molecule has 0 N–H and O–H groups in total. The molecule has 7 heteroatoms. The van der Waals surface area contributed by atoms with Gasteiger partial charge in [-0.3, -0.25) is 9.48 Å². The molecule has 0 aromatic carbocycles. The van der Waals surface area contributed by atoms with Crippen LogP contribution < -0.4 is 9.80 Å². The van der Waals surface area contributed by atoms with Gasteiger partial charge in [0.15, 0.2) is 5.13 Å². The third-order valence-corrected chi connectivity index (χ3v) is 5.93. The maximum atomic E-state index is 11.9. The molecule has 0 radical (unpaired) electrons. The molecule has 0 aliphatic carbocycles. The lowest BCUT2D eigenvalue weighted by Gasteiger charge is -2.15. The van der Waals surface area contributed by atoms with Crippen LogP contribution >= 0.6 is 11.3 Å². The Kier molecular flexibility index (Phi) is 3.60. The topological polar surface area (TPSA) is 54.3 Å². The summed E-state index contributed by atoms with van der Waals surface area (Å²) < 4.78 is 2.02. The summed E-state index contributed by atoms with van der Waals surface area (Å²) in [5.74, 6) is 0.214. The largest absolute Gasteiger partial charge is 0.346 e. The molecule has 4 heterocycles. The third-order valence-electron chi connectivity index (χ3n) is 4.80. The van der Waals surface area contributed by atoms with Crippen molar-refractivity contribution in [3.05, 3.63) is 23.0 Å². The summed E-state index contributed by atoms with van der Waals surface area (Å²) in [7, 11) is 0. The first-order chi connectivity index (χ1) is 11.1. The molecule has 122 valence electrons. The molecule has 1 atom stereocenters. The molecule has 0 bridgehead atoms. The molecule has 0 spiro atoms. The zero-order valence-electron chi connectivity index (χ0n) is 13.5. The first kappa shape index (κ1) is 14.7. The number of hydrogen-bond donors (Lipinski definition) is 0. The number of carbonyl (C=O) groups excluding carboxylic acids is 1. The quantitative estimate of drug-likeness (QED) is 0.867. The number of amides is 1. The average Bonchev–Trinajstić information content (AvgIpc) is 3.27. The molecule has 2 aromatic rings. The molecule has 1 unspecified atom stereocenters. The van der Waals surface area contributed by atoms with Crippen LogP contribution in [0.4, 0.5) is 10.8 Å². The molecule has 2 saturated heterocycles. The fraction of sp³-hybridized carbons (Fsp3) is 0.562. The predicted octanol–water partition coefficient (Wildman–Crippen LogP) is 2.53. The molecule has 4 rings (SSSR count). The Morgan fingerprint density at radius 2 is 2.17 bits per heavy atom. The number of carbonyl (C=O) groups is 1. The molecular formula is C16H21N5OS. The number of aryl methyl sites for hydroxylation is 2. The normalized spacial score (nSPS) is 21.7. The van der Waals surface area contributed by atoms with E-state index in [1.54, 1.807) is 11.3 Å². The van der Waals surface area contributed by atoms with E-state index in [1.807, 2.05) is 22.0 Å². The fourth-order valence-corrected chi connectivity index (χ4v) is 4.26. The van der Waals surface area contributed by atoms with Gasteiger partial charge in [0.1, 0.15) is 0 Å². The monoisotopic (exact) mass is 331 g/mol. The van der Waals surface area contributed by atoms with Gasteiger partial charge in [0, 0.05) is 37.1 Å². The second-order valence-electron chi connectivity index (χ2n) is 6.35. The van der Waals surface area contributed by atoms with Crippen molar-refractivity contribution in [2.75, 3.05) is 29.4 Å². The van der Waals surface area contributed by atoms with Crippen molar-refractivity contribution in [3.8, 4) is 0 Å². The van der Waals surface area contributed by atoms with Crippen LogP contribution in [-0.2, 0) is 4.79 Å². The Hall–Kier alpha value is -1.89. The van der Waals surface area contributed by atoms with Crippen molar-refractivity contribution in [2.45, 2.75) is 39.2 Å². The van der Waals surface area contributed by atoms with Crippen LogP contribution in [0.1, 0.15) is 35.9 Å². The second-order valence-corrected chi connectivity index (χ2v) is 7.54. The van der Waals surface area contributed by atoms with Crippen LogP contribution in [0.25, 0.3) is 0 Å². The summed E-state index contributed by atoms with van der Waals surface area (Å²) in [4.78, 5) is 22.0. The number of nitrogens with zero attached hydrogens (tertiary/aromatic N) is 5. The van der Waals surface area contributed by atoms with E-state index in [1.165, 1.54) is 4.88 Å². The van der Waals surface area contributed by atoms with Crippen LogP contribution in [0.3, 0.4) is 0 Å². The molecule has 23 heavy (non-hydrogen) atoms. The molecule has 2 fully saturated rings. The third kappa shape index (κ3) is 2.63. The summed E-state index contributed by atoms with van der Waals surface area (Å²) in [6, 6.07) is 0.353. The predicted molar refractivity (Wildman–Crippen MR) is 91.3 cm³/mol. The minimum absolute atomic E-state index is 0.214. The van der Waals surface area contributed by atoms with Crippen molar-refractivity contribution in [2.24, 2.45) is 0 Å². The van der Waals surface area contributed by atoms with E-state index in [0.717, 1.165) is 49.0 Å². The van der Waals surface area contributed by atoms with Gasteiger partial charge in [0.25, 0.3) is 0 Å². The lowest BCUT2D eigenvalue weighted by molar-refractivity contribution is -0.117. The lowest BCUT2D eigenvalue weighted by Crippen LogP contribution is -2.23. The van der Waals surface area contributed by atoms with Gasteiger partial charge in [0.2, 0.25) is 5.91 Å². The van der Waals surface area contributed by atoms with Gasteiger partial charge >= 0.3 is 0 Å². The fourth-order valence-electron chi connectivity index (χ4n) is 3.31. The van der Waals surface area contributed by atoms with E-state index < -0.39 is 0 Å². The van der Waals surface area contributed by atoms with Crippen LogP contribution in [0.15, 0.2) is 12.4 Å². The number of hydrogen-bond acceptors (Lipinski definition) is 5. The Labute approximate surface area is 139 Å². The zero-order valence-corrected chi connectivity index (χ0v) is 14.3. The Morgan fingerprint density at radius 3 is 2.87 bits per heavy atom. The minimum Gasteiger partial charge on any atom is -0.346 e. The highest BCUT2D eigenvalue weighted by atomic mass is 32.1. The molecule has 6 nitrogen and oxygen atoms in total. The van der Waals surface area contributed by atoms with Crippen LogP contribution in [0, 0.1) is 13.8 Å². The Bertz CT molecular complexity index is 717. The zero-order chi connectivity index (χ0) is 16.0. The maximum absolute atomic E-state index is 11.9. The second kappa shape index (κ2) is 5.63. The van der Waals surface area contributed by atoms with E-state index in [4.69, 9.17) is 0 Å². The van der Waals surface area contributed by atoms with Crippen molar-refractivity contribution >= 4 is 28.1 Å². The van der Waals surface area contributed by atoms with E-state index in [9.17, 15) is 4.79 Å². The van der Waals surface area contributed by atoms with Gasteiger partial charge in [-0.05, 0) is 26.7 Å². The molecule has 0 saturated carbocycles. The highest BCUT2D eigenvalue weighted by Crippen LogP contribution is 2.32. The standard InChI is InChI=1S/C16H21N5OS/c1-11-12(2)23-16(18-11)19-7-5-13(9-19)21-10-14(8-17-21)20-6-3-4-15(20)22/h8,10,13H,3-7,9H2,1-2H3. The molecule has 2 aliphatic rings. The van der Waals surface area contributed by atoms with Gasteiger partial charge in [-0.15, -0.1) is 11.3 Å². The Morgan fingerprint density at radius 1 is 1.30 bits per heavy atom. The summed E-state index contributed by atoms with van der Waals surface area (Å²) in [5, 5.41) is 5.62. The van der Waals surface area contributed by atoms with Gasteiger partial charge in [-0.2, -0.15) is 5.10 Å². The number of rotatable bonds is 3. The summed E-state index contributed by atoms with van der Waals surface area (Å²) in [6.07, 6.45) is 6.52. The number of anilines is 2. The van der Waals surface area contributed by atoms with E-state index >= 15 is 0 Å². The number of aromatic nitrogens is 3. The molecular weight excluding hydrogens is 310 g/mol. The van der Waals surface area contributed by atoms with Crippen LogP contribution in [0.5, 0.6) is 0 Å². The lowest BCUT2D eigenvalue weighted by atomic mass is 10.3. The average molecular weight is 331 g/mol. The first-order valence-electron chi connectivity index (χ1n) is 8.15. The van der Waals surface area contributed by atoms with Crippen molar-refractivity contribution < 1.29 is 4.79 Å². The van der Waals surface area contributed by atoms with Gasteiger partial charge in [-0.1, -0.05) is 0 Å². The van der Waals surface area contributed by atoms with Crippen LogP contribution in [0.2, 0.25) is 0 Å². The van der Waals surface area contributed by atoms with Crippen molar-refractivity contribution in [3.63, 3.8) is 0 Å². The highest BCUT2D eigenvalue weighted by Gasteiger charge is 2.28. The molecule has 2 aliphatic heterocycles. The van der Waals surface area contributed by atoms with Gasteiger partial charge in [-0.25, -0.2) is 4.98 Å². The first-order valence-corrected chi connectivity index (χ1v) is 8.97. The Balaban J connectivity index is 1.47. The smallest absolute Gasteiger partial charge is 0.227 e. The van der Waals surface area contributed by atoms with Crippen LogP contribution in [-0.4, -0.2) is 40.3 Å². The van der Waals surface area contributed by atoms with E-state index in [0.29, 0.717) is 12.5 Å². The van der Waals surface area contributed by atoms with Crippen molar-refractivity contribution in [1.29, 1.82) is 0 Å². The molecule has 1 amide bonds. The van der Waals surface area contributed by atoms with E-state index in [2.05, 4.69) is 28.8 Å².